The van der Waals surface area contributed by atoms with Gasteiger partial charge in [0, 0.05) is 5.69 Å². The van der Waals surface area contributed by atoms with Gasteiger partial charge in [0.1, 0.15) is 6.04 Å². The van der Waals surface area contributed by atoms with Crippen molar-refractivity contribution in [3.8, 4) is 0 Å². The molecule has 21 heavy (non-hydrogen) atoms. The van der Waals surface area contributed by atoms with Crippen LogP contribution in [0.2, 0.25) is 0 Å². The number of methoxy groups -OCH3 is 1. The summed E-state index contributed by atoms with van der Waals surface area (Å²) in [7, 11) is 1.32. The molecule has 0 fully saturated rings. The maximum atomic E-state index is 12.0. The predicted octanol–water partition coefficient (Wildman–Crippen LogP) is 2.72. The molecule has 1 atom stereocenters. The summed E-state index contributed by atoms with van der Waals surface area (Å²) in [5.41, 5.74) is 2.84. The van der Waals surface area contributed by atoms with Crippen molar-refractivity contribution in [2.45, 2.75) is 26.3 Å². The Morgan fingerprint density at radius 1 is 1.24 bits per heavy atom. The third-order valence-corrected chi connectivity index (χ3v) is 3.53. The van der Waals surface area contributed by atoms with Gasteiger partial charge < -0.3 is 15.4 Å². The number of carbonyl (C=O) groups is 2. The van der Waals surface area contributed by atoms with Crippen LogP contribution in [0.5, 0.6) is 0 Å². The number of hydrogen-bond acceptors (Lipinski definition) is 4. The maximum absolute atomic E-state index is 12.0. The van der Waals surface area contributed by atoms with Crippen LogP contribution in [-0.2, 0) is 9.53 Å². The molecule has 2 amide bonds. The topological polar surface area (TPSA) is 67.4 Å². The van der Waals surface area contributed by atoms with Gasteiger partial charge in [0.25, 0.3) is 0 Å². The van der Waals surface area contributed by atoms with Crippen LogP contribution in [0.1, 0.15) is 17.5 Å². The largest absolute Gasteiger partial charge is 0.467 e. The Labute approximate surface area is 129 Å². The minimum Gasteiger partial charge on any atom is -0.467 e. The fourth-order valence-corrected chi connectivity index (χ4v) is 2.47. The standard InChI is InChI=1S/C15H22N2O3S/c1-10-7-11(2)9-12(8-10)16-15(19)17-13(5-6-21-4)14(18)20-3/h7-9,13H,5-6H2,1-4H3,(H2,16,17,19)/t13-/m1/s1. The number of esters is 1. The number of rotatable bonds is 6. The van der Waals surface area contributed by atoms with E-state index in [1.54, 1.807) is 11.8 Å². The maximum Gasteiger partial charge on any atom is 0.328 e. The number of benzene rings is 1. The highest BCUT2D eigenvalue weighted by Gasteiger charge is 2.20. The summed E-state index contributed by atoms with van der Waals surface area (Å²) in [6.45, 7) is 3.93. The fourth-order valence-electron chi connectivity index (χ4n) is 2.00. The van der Waals surface area contributed by atoms with E-state index >= 15 is 0 Å². The number of carbonyl (C=O) groups excluding carboxylic acids is 2. The molecule has 0 aromatic heterocycles. The Hall–Kier alpha value is -1.69. The van der Waals surface area contributed by atoms with E-state index < -0.39 is 18.0 Å². The molecule has 0 unspecified atom stereocenters. The van der Waals surface area contributed by atoms with Crippen LogP contribution in [0.25, 0.3) is 0 Å². The molecular weight excluding hydrogens is 288 g/mol. The van der Waals surface area contributed by atoms with E-state index in [-0.39, 0.29) is 0 Å². The average molecular weight is 310 g/mol. The first-order chi connectivity index (χ1) is 9.96. The molecule has 1 aromatic rings. The molecule has 6 heteroatoms. The molecule has 0 aliphatic rings. The van der Waals surface area contributed by atoms with Crippen LogP contribution in [0.15, 0.2) is 18.2 Å². The molecule has 1 aromatic carbocycles. The lowest BCUT2D eigenvalue weighted by atomic mass is 10.1. The zero-order valence-electron chi connectivity index (χ0n) is 12.9. The van der Waals surface area contributed by atoms with Gasteiger partial charge in [-0.15, -0.1) is 0 Å². The van der Waals surface area contributed by atoms with Crippen molar-refractivity contribution in [3.63, 3.8) is 0 Å². The molecule has 116 valence electrons. The quantitative estimate of drug-likeness (QED) is 0.793. The zero-order chi connectivity index (χ0) is 15.8. The number of thioether (sulfide) groups is 1. The molecule has 0 radical (unpaired) electrons. The first-order valence-corrected chi connectivity index (χ1v) is 8.08. The lowest BCUT2D eigenvalue weighted by molar-refractivity contribution is -0.142. The molecule has 0 aliphatic heterocycles. The second-order valence-electron chi connectivity index (χ2n) is 4.83. The number of anilines is 1. The molecule has 1 rings (SSSR count). The van der Waals surface area contributed by atoms with Crippen molar-refractivity contribution in [3.05, 3.63) is 29.3 Å². The fraction of sp³-hybridized carbons (Fsp3) is 0.467. The van der Waals surface area contributed by atoms with Crippen LogP contribution in [0, 0.1) is 13.8 Å². The molecule has 0 spiro atoms. The van der Waals surface area contributed by atoms with Crippen LogP contribution in [0.3, 0.4) is 0 Å². The van der Waals surface area contributed by atoms with Crippen LogP contribution >= 0.6 is 11.8 Å². The van der Waals surface area contributed by atoms with Crippen molar-refractivity contribution in [2.75, 3.05) is 24.4 Å². The second-order valence-corrected chi connectivity index (χ2v) is 5.82. The number of amides is 2. The van der Waals surface area contributed by atoms with E-state index in [9.17, 15) is 9.59 Å². The van der Waals surface area contributed by atoms with Crippen LogP contribution in [0.4, 0.5) is 10.5 Å². The van der Waals surface area contributed by atoms with Crippen LogP contribution in [-0.4, -0.2) is 37.2 Å². The average Bonchev–Trinajstić information content (AvgIpc) is 2.41. The molecule has 0 aliphatic carbocycles. The number of urea groups is 1. The van der Waals surface area contributed by atoms with Gasteiger partial charge in [-0.3, -0.25) is 0 Å². The SMILES string of the molecule is COC(=O)[C@@H](CCSC)NC(=O)Nc1cc(C)cc(C)c1. The highest BCUT2D eigenvalue weighted by molar-refractivity contribution is 7.98. The van der Waals surface area contributed by atoms with Gasteiger partial charge in [-0.05, 0) is 55.5 Å². The van der Waals surface area contributed by atoms with Gasteiger partial charge >= 0.3 is 12.0 Å². The normalized spacial score (nSPS) is 11.6. The van der Waals surface area contributed by atoms with E-state index in [1.165, 1.54) is 7.11 Å². The minimum atomic E-state index is -0.631. The third-order valence-electron chi connectivity index (χ3n) is 2.88. The number of nitrogens with one attached hydrogen (secondary N) is 2. The lowest BCUT2D eigenvalue weighted by Gasteiger charge is -2.16. The molecular formula is C15H22N2O3S. The van der Waals surface area contributed by atoms with E-state index in [0.29, 0.717) is 12.1 Å². The molecule has 5 nitrogen and oxygen atoms in total. The minimum absolute atomic E-state index is 0.406. The Balaban J connectivity index is 2.66. The van der Waals surface area contributed by atoms with Crippen molar-refractivity contribution >= 4 is 29.4 Å². The lowest BCUT2D eigenvalue weighted by Crippen LogP contribution is -2.44. The molecule has 0 heterocycles. The summed E-state index contributed by atoms with van der Waals surface area (Å²) in [6.07, 6.45) is 2.48. The van der Waals surface area contributed by atoms with E-state index in [4.69, 9.17) is 4.74 Å². The number of aryl methyl sites for hydroxylation is 2. The first-order valence-electron chi connectivity index (χ1n) is 6.69. The van der Waals surface area contributed by atoms with E-state index in [2.05, 4.69) is 10.6 Å². The van der Waals surface area contributed by atoms with Crippen molar-refractivity contribution in [1.82, 2.24) is 5.32 Å². The van der Waals surface area contributed by atoms with Gasteiger partial charge in [0.05, 0.1) is 7.11 Å². The zero-order valence-corrected chi connectivity index (χ0v) is 13.7. The predicted molar refractivity (Wildman–Crippen MR) is 86.9 cm³/mol. The summed E-state index contributed by atoms with van der Waals surface area (Å²) >= 11 is 1.61. The molecule has 2 N–H and O–H groups in total. The van der Waals surface area contributed by atoms with E-state index in [0.717, 1.165) is 16.9 Å². The first kappa shape index (κ1) is 17.4. The summed E-state index contributed by atoms with van der Waals surface area (Å²) < 4.78 is 4.71. The van der Waals surface area contributed by atoms with Gasteiger partial charge in [-0.25, -0.2) is 9.59 Å². The molecule has 0 saturated heterocycles. The Morgan fingerprint density at radius 2 is 1.86 bits per heavy atom. The number of hydrogen-bond donors (Lipinski definition) is 2. The molecule has 0 saturated carbocycles. The van der Waals surface area contributed by atoms with Gasteiger partial charge in [0.15, 0.2) is 0 Å². The Kier molecular flexibility index (Phi) is 7.08. The summed E-state index contributed by atoms with van der Waals surface area (Å²) in [5.74, 6) is 0.337. The summed E-state index contributed by atoms with van der Waals surface area (Å²) in [5, 5.41) is 5.40. The third kappa shape index (κ3) is 6.08. The van der Waals surface area contributed by atoms with Crippen molar-refractivity contribution in [1.29, 1.82) is 0 Å². The van der Waals surface area contributed by atoms with E-state index in [1.807, 2.05) is 38.3 Å². The summed E-state index contributed by atoms with van der Waals surface area (Å²) in [4.78, 5) is 23.6. The van der Waals surface area contributed by atoms with Gasteiger partial charge in [-0.1, -0.05) is 6.07 Å². The highest BCUT2D eigenvalue weighted by atomic mass is 32.2. The highest BCUT2D eigenvalue weighted by Crippen LogP contribution is 2.13. The van der Waals surface area contributed by atoms with Gasteiger partial charge in [-0.2, -0.15) is 11.8 Å². The monoisotopic (exact) mass is 310 g/mol. The Morgan fingerprint density at radius 3 is 2.38 bits per heavy atom. The second kappa shape index (κ2) is 8.56. The van der Waals surface area contributed by atoms with Crippen molar-refractivity contribution in [2.24, 2.45) is 0 Å². The van der Waals surface area contributed by atoms with Crippen LogP contribution < -0.4 is 10.6 Å². The van der Waals surface area contributed by atoms with Crippen molar-refractivity contribution < 1.29 is 14.3 Å². The number of ether oxygens (including phenoxy) is 1. The van der Waals surface area contributed by atoms with Gasteiger partial charge in [0.2, 0.25) is 0 Å². The molecule has 0 bridgehead atoms. The Bertz CT molecular complexity index is 485. The smallest absolute Gasteiger partial charge is 0.328 e. The summed E-state index contributed by atoms with van der Waals surface area (Å²) in [6, 6.07) is 4.74.